The molecule has 3 rings (SSSR count). The van der Waals surface area contributed by atoms with E-state index >= 15 is 0 Å². The number of hydrogen-bond acceptors (Lipinski definition) is 6. The molecular weight excluding hydrogens is 442 g/mol. The minimum Gasteiger partial charge on any atom is -0.487 e. The Bertz CT molecular complexity index is 1130. The number of aryl methyl sites for hydroxylation is 1. The second-order valence-corrected chi connectivity index (χ2v) is 8.92. The predicted octanol–water partition coefficient (Wildman–Crippen LogP) is 6.00. The molecule has 1 aromatic carbocycles. The first kappa shape index (κ1) is 24.1. The molecule has 0 saturated carbocycles. The van der Waals surface area contributed by atoms with Crippen LogP contribution in [0.3, 0.4) is 0 Å². The second-order valence-electron chi connectivity index (χ2n) is 7.37. The van der Waals surface area contributed by atoms with Crippen LogP contribution >= 0.6 is 23.4 Å². The molecule has 0 fully saturated rings. The van der Waals surface area contributed by atoms with Gasteiger partial charge in [0.25, 0.3) is 0 Å². The lowest BCUT2D eigenvalue weighted by Crippen LogP contribution is -2.11. The lowest BCUT2D eigenvalue weighted by molar-refractivity contribution is 0.218. The van der Waals surface area contributed by atoms with Crippen LogP contribution in [-0.2, 0) is 11.3 Å². The molecule has 168 valence electrons. The minimum atomic E-state index is 0.323. The van der Waals surface area contributed by atoms with E-state index in [0.29, 0.717) is 24.0 Å². The molecule has 0 atom stereocenters. The Morgan fingerprint density at radius 3 is 2.81 bits per heavy atom. The van der Waals surface area contributed by atoms with Crippen LogP contribution in [0.4, 0.5) is 0 Å². The average molecular weight is 470 g/mol. The van der Waals surface area contributed by atoms with Gasteiger partial charge in [0.2, 0.25) is 0 Å². The van der Waals surface area contributed by atoms with Crippen molar-refractivity contribution >= 4 is 40.0 Å². The lowest BCUT2D eigenvalue weighted by atomic mass is 10.0. The molecule has 3 aromatic rings. The molecule has 0 saturated heterocycles. The lowest BCUT2D eigenvalue weighted by Gasteiger charge is -2.20. The van der Waals surface area contributed by atoms with Gasteiger partial charge in [0, 0.05) is 72.2 Å². The third-order valence-electron chi connectivity index (χ3n) is 4.85. The van der Waals surface area contributed by atoms with Gasteiger partial charge in [-0.2, -0.15) is 0 Å². The zero-order valence-electron chi connectivity index (χ0n) is 18.9. The van der Waals surface area contributed by atoms with E-state index in [1.165, 1.54) is 0 Å². The van der Waals surface area contributed by atoms with Crippen LogP contribution in [0, 0.1) is 6.92 Å². The highest BCUT2D eigenvalue weighted by atomic mass is 35.5. The molecule has 5 nitrogen and oxygen atoms in total. The molecule has 0 aliphatic heterocycles. The van der Waals surface area contributed by atoms with Gasteiger partial charge < -0.3 is 14.4 Å². The molecule has 0 N–H and O–H groups in total. The van der Waals surface area contributed by atoms with Crippen molar-refractivity contribution in [2.24, 2.45) is 0 Å². The SMILES string of the molecule is C=C/C=C(/c1cc(C)nc2c(OCc3c(Cl)cncc3SCCOC)cccc12)N(C)C. The molecule has 7 heteroatoms. The maximum absolute atomic E-state index is 6.46. The van der Waals surface area contributed by atoms with Gasteiger partial charge in [-0.1, -0.05) is 36.4 Å². The number of fused-ring (bicyclic) bond motifs is 1. The highest BCUT2D eigenvalue weighted by molar-refractivity contribution is 7.99. The van der Waals surface area contributed by atoms with Crippen LogP contribution in [0.1, 0.15) is 16.8 Å². The molecule has 0 radical (unpaired) electrons. The van der Waals surface area contributed by atoms with E-state index < -0.39 is 0 Å². The van der Waals surface area contributed by atoms with Crippen molar-refractivity contribution in [3.63, 3.8) is 0 Å². The molecule has 2 heterocycles. The van der Waals surface area contributed by atoms with Crippen LogP contribution in [0.5, 0.6) is 5.75 Å². The molecular formula is C25H28ClN3O2S. The van der Waals surface area contributed by atoms with E-state index in [0.717, 1.165) is 44.1 Å². The molecule has 0 spiro atoms. The zero-order chi connectivity index (χ0) is 23.1. The minimum absolute atomic E-state index is 0.323. The van der Waals surface area contributed by atoms with Gasteiger partial charge in [0.15, 0.2) is 0 Å². The number of aromatic nitrogens is 2. The first-order valence-electron chi connectivity index (χ1n) is 10.2. The highest BCUT2D eigenvalue weighted by Gasteiger charge is 2.15. The van der Waals surface area contributed by atoms with E-state index in [1.54, 1.807) is 31.1 Å². The van der Waals surface area contributed by atoms with Crippen LogP contribution in [0.25, 0.3) is 16.6 Å². The fourth-order valence-electron chi connectivity index (χ4n) is 3.36. The fraction of sp³-hybridized carbons (Fsp3) is 0.280. The maximum Gasteiger partial charge on any atom is 0.146 e. The Kier molecular flexibility index (Phi) is 8.56. The number of nitrogens with zero attached hydrogens (tertiary/aromatic N) is 3. The van der Waals surface area contributed by atoms with Gasteiger partial charge in [0.1, 0.15) is 17.9 Å². The van der Waals surface area contributed by atoms with Crippen molar-refractivity contribution < 1.29 is 9.47 Å². The maximum atomic E-state index is 6.46. The summed E-state index contributed by atoms with van der Waals surface area (Å²) in [6.45, 7) is 6.83. The van der Waals surface area contributed by atoms with Crippen molar-refractivity contribution in [2.45, 2.75) is 18.4 Å². The summed E-state index contributed by atoms with van der Waals surface area (Å²) in [6.07, 6.45) is 7.26. The topological polar surface area (TPSA) is 47.5 Å². The quantitative estimate of drug-likeness (QED) is 0.206. The van der Waals surface area contributed by atoms with Crippen LogP contribution in [0.15, 0.2) is 60.3 Å². The summed E-state index contributed by atoms with van der Waals surface area (Å²) < 4.78 is 11.4. The molecule has 32 heavy (non-hydrogen) atoms. The van der Waals surface area contributed by atoms with E-state index in [4.69, 9.17) is 26.1 Å². The first-order valence-corrected chi connectivity index (χ1v) is 11.6. The predicted molar refractivity (Wildman–Crippen MR) is 135 cm³/mol. The number of pyridine rings is 2. The number of para-hydroxylation sites is 1. The summed E-state index contributed by atoms with van der Waals surface area (Å²) in [5.41, 5.74) is 4.78. The number of benzene rings is 1. The third-order valence-corrected chi connectivity index (χ3v) is 6.21. The molecule has 0 aliphatic carbocycles. The Balaban J connectivity index is 1.98. The zero-order valence-corrected chi connectivity index (χ0v) is 20.5. The first-order chi connectivity index (χ1) is 15.5. The Labute approximate surface area is 199 Å². The summed E-state index contributed by atoms with van der Waals surface area (Å²) in [4.78, 5) is 12.1. The summed E-state index contributed by atoms with van der Waals surface area (Å²) in [6, 6.07) is 8.08. The smallest absolute Gasteiger partial charge is 0.146 e. The van der Waals surface area contributed by atoms with E-state index in [2.05, 4.69) is 28.6 Å². The van der Waals surface area contributed by atoms with Crippen molar-refractivity contribution in [3.8, 4) is 5.75 Å². The standard InChI is InChI=1S/C25H28ClN3O2S/c1-6-8-22(29(3)4)19-13-17(2)28-25-18(19)9-7-10-23(25)31-16-20-21(26)14-27-15-24(20)32-12-11-30-5/h6-10,13-15H,1,11-12,16H2,2-5H3/b22-8-. The number of ether oxygens (including phenoxy) is 2. The number of methoxy groups -OCH3 is 1. The van der Waals surface area contributed by atoms with Gasteiger partial charge in [-0.15, -0.1) is 11.8 Å². The molecule has 0 bridgehead atoms. The van der Waals surface area contributed by atoms with Crippen molar-refractivity contribution in [1.29, 1.82) is 0 Å². The largest absolute Gasteiger partial charge is 0.487 e. The highest BCUT2D eigenvalue weighted by Crippen LogP contribution is 2.33. The van der Waals surface area contributed by atoms with E-state index in [-0.39, 0.29) is 0 Å². The summed E-state index contributed by atoms with van der Waals surface area (Å²) >= 11 is 8.12. The number of halogens is 1. The van der Waals surface area contributed by atoms with Crippen LogP contribution in [0.2, 0.25) is 5.02 Å². The number of hydrogen-bond donors (Lipinski definition) is 0. The fourth-order valence-corrected chi connectivity index (χ4v) is 4.58. The average Bonchev–Trinajstić information content (AvgIpc) is 2.76. The van der Waals surface area contributed by atoms with Crippen LogP contribution in [-0.4, -0.2) is 48.4 Å². The second kappa shape index (κ2) is 11.4. The van der Waals surface area contributed by atoms with Gasteiger partial charge in [-0.05, 0) is 25.1 Å². The number of rotatable bonds is 10. The van der Waals surface area contributed by atoms with Gasteiger partial charge in [-0.25, -0.2) is 4.98 Å². The molecule has 0 unspecified atom stereocenters. The van der Waals surface area contributed by atoms with Crippen molar-refractivity contribution in [2.75, 3.05) is 33.6 Å². The number of allylic oxidation sites excluding steroid dienone is 2. The monoisotopic (exact) mass is 469 g/mol. The summed E-state index contributed by atoms with van der Waals surface area (Å²) in [7, 11) is 5.73. The number of thioether (sulfide) groups is 1. The molecule has 0 aliphatic rings. The van der Waals surface area contributed by atoms with E-state index in [1.807, 2.05) is 45.4 Å². The Morgan fingerprint density at radius 1 is 1.28 bits per heavy atom. The van der Waals surface area contributed by atoms with E-state index in [9.17, 15) is 0 Å². The summed E-state index contributed by atoms with van der Waals surface area (Å²) in [5, 5.41) is 1.60. The van der Waals surface area contributed by atoms with Crippen molar-refractivity contribution in [3.05, 3.63) is 77.2 Å². The normalized spacial score (nSPS) is 11.6. The third kappa shape index (κ3) is 5.63. The molecule has 2 aromatic heterocycles. The van der Waals surface area contributed by atoms with Gasteiger partial charge in [0.05, 0.1) is 11.6 Å². The van der Waals surface area contributed by atoms with Gasteiger partial charge in [-0.3, -0.25) is 4.98 Å². The Morgan fingerprint density at radius 2 is 2.09 bits per heavy atom. The molecule has 0 amide bonds. The van der Waals surface area contributed by atoms with Gasteiger partial charge >= 0.3 is 0 Å². The Hall–Kier alpha value is -2.54. The van der Waals surface area contributed by atoms with Crippen molar-refractivity contribution in [1.82, 2.24) is 14.9 Å². The van der Waals surface area contributed by atoms with Crippen LogP contribution < -0.4 is 4.74 Å². The summed E-state index contributed by atoms with van der Waals surface area (Å²) in [5.74, 6) is 1.53.